The summed E-state index contributed by atoms with van der Waals surface area (Å²) in [4.78, 5) is 197. The maximum atomic E-state index is 16.5. The van der Waals surface area contributed by atoms with Gasteiger partial charge in [-0.15, -0.1) is 0 Å². The predicted molar refractivity (Wildman–Crippen MR) is 411 cm³/mol. The molecule has 34 heteroatoms. The van der Waals surface area contributed by atoms with Gasteiger partial charge in [0, 0.05) is 81.0 Å². The topological polar surface area (TPSA) is 289 Å². The summed E-state index contributed by atoms with van der Waals surface area (Å²) in [6.07, 6.45) is -12.0. The van der Waals surface area contributed by atoms with Crippen molar-refractivity contribution in [3.63, 3.8) is 0 Å². The van der Waals surface area contributed by atoms with Crippen molar-refractivity contribution < 1.29 is 102 Å². The summed E-state index contributed by atoms with van der Waals surface area (Å²) in [6, 6.07) is -11.2. The molecule has 5 aliphatic carbocycles. The molecule has 12 atom stereocenters. The van der Waals surface area contributed by atoms with Gasteiger partial charge in [0.1, 0.15) is 72.1 Å². The van der Waals surface area contributed by atoms with Crippen LogP contribution in [-0.2, 0) is 67.0 Å². The molecule has 116 heavy (non-hydrogen) atoms. The zero-order valence-electron chi connectivity index (χ0n) is 69.6. The first-order valence-electron chi connectivity index (χ1n) is 42.8. The molecule has 12 amide bonds. The number of fused-ring (bicyclic) bond motifs is 3. The van der Waals surface area contributed by atoms with Crippen molar-refractivity contribution in [1.29, 1.82) is 0 Å². The molecule has 0 aromatic rings. The molecule has 9 fully saturated rings. The number of morpholine rings is 1. The number of ether oxygens (including phenoxy) is 2. The summed E-state index contributed by atoms with van der Waals surface area (Å²) < 4.78 is 128. The van der Waals surface area contributed by atoms with Crippen molar-refractivity contribution in [3.8, 4) is 0 Å². The number of nitrogens with one attached hydrogen (secondary N) is 3. The number of amides is 12. The first-order chi connectivity index (χ1) is 54.8. The fourth-order valence-electron chi connectivity index (χ4n) is 19.3. The van der Waals surface area contributed by atoms with E-state index < -0.39 is 230 Å². The number of hydrogen-bond donors (Lipinski definition) is 3. The van der Waals surface area contributed by atoms with E-state index in [9.17, 15) is 35.9 Å². The van der Waals surface area contributed by atoms with E-state index in [4.69, 9.17) is 9.47 Å². The number of alkyl halides is 8. The van der Waals surface area contributed by atoms with Crippen molar-refractivity contribution in [2.45, 2.75) is 299 Å². The third kappa shape index (κ3) is 22.7. The number of likely N-dealkylation sites (N-methyl/N-ethyl adjacent to an activating group) is 5. The second-order valence-electron chi connectivity index (χ2n) is 35.4. The number of rotatable bonds is 16. The highest BCUT2D eigenvalue weighted by molar-refractivity contribution is 6.01. The van der Waals surface area contributed by atoms with Gasteiger partial charge < -0.3 is 69.5 Å². The van der Waals surface area contributed by atoms with Crippen LogP contribution < -0.4 is 16.0 Å². The van der Waals surface area contributed by atoms with Crippen LogP contribution in [0.25, 0.3) is 0 Å². The standard InChI is InChI=1S/C82H128F8N12O14/c1-11-50(5)69-77(112)95(7)48-67(105)96(8)60-24-14-13-17-34-100(76(60)111)63(43-52-25-28-55(29-26-52)81(85,86)87)74(109)94(6)47-65(103)91-59(30-27-53-41-57(83)68(58(84)42-53)82(88,89)90)73(108)102-46-56(116-12-2)44-62(102)72(107)93-80(32-19-33-80)79(114)98(10)70(54-22-15-16-23-54)78(113)101(35-31-51-20-18-21-51)64(75(110)99-36-38-115-39-37-99)45-66(104)97(9)61(40-49(3)4)71(106)92-69/h49-64,68-70H,11-48H2,1-10H3,(H,91,103)(H,92,106)(H,93,107)/t50-,52?,53?,55?,56+,57?,58?,59-,60-,61-,62-,63-,64-,68?,69-,70-/m0/s1. The smallest absolute Gasteiger partial charge is 0.378 e. The Balaban J connectivity index is 1.13. The van der Waals surface area contributed by atoms with Crippen molar-refractivity contribution in [1.82, 2.24) is 60.0 Å². The largest absolute Gasteiger partial charge is 0.397 e. The average Bonchev–Trinajstić information content (AvgIpc) is 1.05. The van der Waals surface area contributed by atoms with E-state index in [1.807, 2.05) is 13.8 Å². The van der Waals surface area contributed by atoms with Crippen LogP contribution in [0.3, 0.4) is 0 Å². The number of halogens is 8. The maximum Gasteiger partial charge on any atom is 0.397 e. The molecular weight excluding hydrogens is 1530 g/mol. The quantitative estimate of drug-likeness (QED) is 0.124. The van der Waals surface area contributed by atoms with Crippen LogP contribution in [0.4, 0.5) is 35.1 Å². The Morgan fingerprint density at radius 1 is 0.586 bits per heavy atom. The van der Waals surface area contributed by atoms with Crippen LogP contribution in [-0.4, -0.2) is 301 Å². The SMILES string of the molecule is CCO[C@@H]1C[C@H]2C(=O)NC3(CCC3)C(=O)N(C)[C@@H](C3CCCC3)C(=O)N(CCC3CCC3)[C@H](C(=O)N3CCOCC3)CC(=O)N(C)[C@@H](CC(C)C)C(=O)N[C@@H]([C@@H](C)CC)C(=O)N(C)CC(=O)N(C)[C@H]3CCCCCN(C3=O)[C@@H](CC3CCC(C(F)(F)F)CC3)C(=O)N(C)CC(=O)N[C@@H](CCC3CC(F)C(C(F)(F)F)C(F)C3)C(=O)N2C1. The third-order valence-electron chi connectivity index (χ3n) is 26.9. The van der Waals surface area contributed by atoms with Crippen LogP contribution >= 0.6 is 0 Å². The van der Waals surface area contributed by atoms with Gasteiger partial charge in [0.2, 0.25) is 70.9 Å². The summed E-state index contributed by atoms with van der Waals surface area (Å²) in [5.74, 6) is -16.3. The van der Waals surface area contributed by atoms with E-state index >= 15 is 56.7 Å². The molecule has 0 radical (unpaired) electrons. The molecule has 9 rings (SSSR count). The van der Waals surface area contributed by atoms with Crippen LogP contribution in [0.5, 0.6) is 0 Å². The Bertz CT molecular complexity index is 3410. The van der Waals surface area contributed by atoms with Gasteiger partial charge in [-0.3, -0.25) is 57.5 Å². The highest BCUT2D eigenvalue weighted by Crippen LogP contribution is 2.46. The summed E-state index contributed by atoms with van der Waals surface area (Å²) in [5, 5.41) is 8.59. The van der Waals surface area contributed by atoms with E-state index in [0.717, 1.165) is 34.0 Å². The Morgan fingerprint density at radius 3 is 1.80 bits per heavy atom. The van der Waals surface area contributed by atoms with E-state index in [1.54, 1.807) is 25.7 Å². The lowest BCUT2D eigenvalue weighted by atomic mass is 9.74. The minimum absolute atomic E-state index is 0.000602. The second kappa shape index (κ2) is 40.8. The minimum Gasteiger partial charge on any atom is -0.378 e. The lowest BCUT2D eigenvalue weighted by Gasteiger charge is -2.47. The molecular formula is C82H128F8N12O14. The van der Waals surface area contributed by atoms with Gasteiger partial charge in [0.05, 0.1) is 44.7 Å². The average molecular weight is 1660 g/mol. The molecule has 1 spiro atoms. The molecule has 2 unspecified atom stereocenters. The lowest BCUT2D eigenvalue weighted by Crippen LogP contribution is -2.68. The summed E-state index contributed by atoms with van der Waals surface area (Å²) in [7, 11) is 6.87. The highest BCUT2D eigenvalue weighted by atomic mass is 19.4. The highest BCUT2D eigenvalue weighted by Gasteiger charge is 2.57. The van der Waals surface area contributed by atoms with Gasteiger partial charge in [-0.1, -0.05) is 79.1 Å². The molecule has 9 aliphatic rings. The second-order valence-corrected chi connectivity index (χ2v) is 35.4. The summed E-state index contributed by atoms with van der Waals surface area (Å²) in [5.41, 5.74) is -1.70. The summed E-state index contributed by atoms with van der Waals surface area (Å²) in [6.45, 7) is 7.70. The maximum absolute atomic E-state index is 16.5. The van der Waals surface area contributed by atoms with Crippen molar-refractivity contribution in [2.75, 3.05) is 101 Å². The zero-order chi connectivity index (χ0) is 85.0. The number of hydrogen-bond acceptors (Lipinski definition) is 14. The van der Waals surface area contributed by atoms with E-state index in [2.05, 4.69) is 16.0 Å². The molecule has 4 heterocycles. The third-order valence-corrected chi connectivity index (χ3v) is 26.9. The molecule has 0 aromatic heterocycles. The van der Waals surface area contributed by atoms with Gasteiger partial charge in [-0.2, -0.15) is 26.3 Å². The van der Waals surface area contributed by atoms with E-state index in [-0.39, 0.29) is 135 Å². The molecule has 4 aliphatic heterocycles. The molecule has 26 nitrogen and oxygen atoms in total. The Morgan fingerprint density at radius 2 is 1.22 bits per heavy atom. The predicted octanol–water partition coefficient (Wildman–Crippen LogP) is 7.91. The van der Waals surface area contributed by atoms with Gasteiger partial charge in [-0.05, 0) is 158 Å². The molecule has 5 saturated carbocycles. The first-order valence-corrected chi connectivity index (χ1v) is 42.8. The number of carbonyl (C=O) groups excluding carboxylic acids is 12. The number of carbonyl (C=O) groups is 12. The summed E-state index contributed by atoms with van der Waals surface area (Å²) >= 11 is 0. The number of nitrogens with zero attached hydrogens (tertiary/aromatic N) is 9. The fraction of sp³-hybridized carbons (Fsp3) is 0.854. The van der Waals surface area contributed by atoms with Crippen LogP contribution in [0, 0.1) is 47.3 Å². The normalized spacial score (nSPS) is 32.0. The lowest BCUT2D eigenvalue weighted by molar-refractivity contribution is -0.219. The molecule has 2 bridgehead atoms. The molecule has 4 saturated heterocycles. The van der Waals surface area contributed by atoms with Crippen LogP contribution in [0.15, 0.2) is 0 Å². The van der Waals surface area contributed by atoms with Gasteiger partial charge >= 0.3 is 12.4 Å². The van der Waals surface area contributed by atoms with Crippen molar-refractivity contribution >= 4 is 70.9 Å². The van der Waals surface area contributed by atoms with Crippen LogP contribution in [0.1, 0.15) is 214 Å². The van der Waals surface area contributed by atoms with Crippen molar-refractivity contribution in [3.05, 3.63) is 0 Å². The molecule has 3 N–H and O–H groups in total. The fourth-order valence-corrected chi connectivity index (χ4v) is 19.3. The van der Waals surface area contributed by atoms with E-state index in [0.29, 0.717) is 64.2 Å². The molecule has 656 valence electrons. The monoisotopic (exact) mass is 1660 g/mol. The Labute approximate surface area is 677 Å². The minimum atomic E-state index is -5.22. The Hall–Kier alpha value is -7.00. The molecule has 0 aromatic carbocycles. The first kappa shape index (κ1) is 92.9. The van der Waals surface area contributed by atoms with E-state index in [1.165, 1.54) is 59.7 Å². The van der Waals surface area contributed by atoms with Gasteiger partial charge in [-0.25, -0.2) is 8.78 Å². The van der Waals surface area contributed by atoms with Crippen LogP contribution in [0.2, 0.25) is 0 Å². The van der Waals surface area contributed by atoms with Gasteiger partial charge in [0.25, 0.3) is 0 Å². The van der Waals surface area contributed by atoms with Gasteiger partial charge in [0.15, 0.2) is 0 Å². The zero-order valence-corrected chi connectivity index (χ0v) is 69.6. The Kier molecular flexibility index (Phi) is 32.7. The van der Waals surface area contributed by atoms with Crippen molar-refractivity contribution in [2.24, 2.45) is 47.3 Å².